The first-order valence-corrected chi connectivity index (χ1v) is 9.67. The summed E-state index contributed by atoms with van der Waals surface area (Å²) in [6.07, 6.45) is 3.93. The molecule has 0 saturated carbocycles. The van der Waals surface area contributed by atoms with Crippen molar-refractivity contribution in [1.29, 1.82) is 0 Å². The summed E-state index contributed by atoms with van der Waals surface area (Å²) in [5.41, 5.74) is -0.127. The van der Waals surface area contributed by atoms with Crippen molar-refractivity contribution in [3.8, 4) is 0 Å². The second kappa shape index (κ2) is 5.21. The number of piperazine rings is 1. The van der Waals surface area contributed by atoms with Gasteiger partial charge in [0, 0.05) is 17.8 Å². The highest BCUT2D eigenvalue weighted by Crippen LogP contribution is 2.52. The third-order valence-corrected chi connectivity index (χ3v) is 6.84. The molecule has 3 atom stereocenters. The lowest BCUT2D eigenvalue weighted by Crippen LogP contribution is -2.81. The zero-order chi connectivity index (χ0) is 19.0. The summed E-state index contributed by atoms with van der Waals surface area (Å²) in [7, 11) is 0. The van der Waals surface area contributed by atoms with Crippen LogP contribution in [0.4, 0.5) is 5.69 Å². The molecule has 1 unspecified atom stereocenters. The van der Waals surface area contributed by atoms with Gasteiger partial charge in [-0.2, -0.15) is 0 Å². The van der Waals surface area contributed by atoms with Crippen LogP contribution in [0.2, 0.25) is 0 Å². The van der Waals surface area contributed by atoms with E-state index in [9.17, 15) is 14.4 Å². The third-order valence-electron chi connectivity index (χ3n) is 6.84. The monoisotopic (exact) mass is 365 g/mol. The maximum absolute atomic E-state index is 13.5. The van der Waals surface area contributed by atoms with Gasteiger partial charge >= 0.3 is 0 Å². The second-order valence-electron chi connectivity index (χ2n) is 8.53. The largest absolute Gasteiger partial charge is 0.352 e. The number of carbonyl (C=O) groups is 3. The number of nitrogens with zero attached hydrogens (tertiary/aromatic N) is 1. The molecule has 4 saturated heterocycles. The maximum Gasteiger partial charge on any atom is 0.253 e. The Hall–Kier alpha value is -2.63. The van der Waals surface area contributed by atoms with Crippen molar-refractivity contribution >= 4 is 23.3 Å². The van der Waals surface area contributed by atoms with E-state index < -0.39 is 11.1 Å². The summed E-state index contributed by atoms with van der Waals surface area (Å²) in [6.45, 7) is 4.78. The lowest BCUT2D eigenvalue weighted by atomic mass is 9.61. The van der Waals surface area contributed by atoms with Crippen molar-refractivity contribution < 1.29 is 14.4 Å². The number of allylic oxidation sites excluding steroid dienone is 1. The van der Waals surface area contributed by atoms with Gasteiger partial charge in [-0.05, 0) is 49.3 Å². The molecule has 2 N–H and O–H groups in total. The summed E-state index contributed by atoms with van der Waals surface area (Å²) < 4.78 is 0. The normalized spacial score (nSPS) is 35.5. The minimum absolute atomic E-state index is 0.0390. The highest BCUT2D eigenvalue weighted by atomic mass is 16.2. The number of fused-ring (bicyclic) bond motifs is 3. The smallest absolute Gasteiger partial charge is 0.253 e. The number of benzene rings is 1. The van der Waals surface area contributed by atoms with Crippen LogP contribution in [0.25, 0.3) is 0 Å². The van der Waals surface area contributed by atoms with E-state index >= 15 is 0 Å². The fourth-order valence-corrected chi connectivity index (χ4v) is 5.51. The molecule has 2 amide bonds. The Kier molecular flexibility index (Phi) is 3.19. The molecule has 5 heterocycles. The number of ketones is 1. The first-order chi connectivity index (χ1) is 12.9. The fourth-order valence-electron chi connectivity index (χ4n) is 5.51. The van der Waals surface area contributed by atoms with Gasteiger partial charge in [0.1, 0.15) is 11.1 Å². The van der Waals surface area contributed by atoms with Crippen molar-refractivity contribution in [3.05, 3.63) is 41.6 Å². The van der Waals surface area contributed by atoms with Crippen molar-refractivity contribution in [3.63, 3.8) is 0 Å². The topological polar surface area (TPSA) is 78.5 Å². The van der Waals surface area contributed by atoms with Gasteiger partial charge in [-0.3, -0.25) is 14.4 Å². The van der Waals surface area contributed by atoms with Gasteiger partial charge in [0.25, 0.3) is 5.91 Å². The number of hydrogen-bond donors (Lipinski definition) is 2. The standard InChI is InChI=1S/C21H23N3O3/c1-12(2)14-10-20-8-5-9-24(20)19(27)21(14,23-18(20)26)11-16-17(25)13-6-3-4-7-15(13)22-16/h3-4,6-7,11-12,14,22H,5,8-10H2,1-2H3,(H,23,26)/b16-11-/t14?,20-,21-/m1/s1. The van der Waals surface area contributed by atoms with E-state index in [4.69, 9.17) is 0 Å². The van der Waals surface area contributed by atoms with Crippen LogP contribution in [0.1, 0.15) is 43.5 Å². The number of anilines is 1. The average Bonchev–Trinajstić information content (AvgIpc) is 3.20. The first kappa shape index (κ1) is 16.5. The Morgan fingerprint density at radius 2 is 2.00 bits per heavy atom. The molecule has 1 aromatic carbocycles. The summed E-state index contributed by atoms with van der Waals surface area (Å²) in [5.74, 6) is -0.111. The molecule has 5 aliphatic heterocycles. The van der Waals surface area contributed by atoms with E-state index in [1.165, 1.54) is 0 Å². The molecule has 1 spiro atoms. The van der Waals surface area contributed by atoms with Crippen LogP contribution in [-0.2, 0) is 9.59 Å². The number of nitrogens with one attached hydrogen (secondary N) is 2. The Balaban J connectivity index is 1.64. The molecule has 0 aliphatic carbocycles. The van der Waals surface area contributed by atoms with Gasteiger partial charge in [-0.15, -0.1) is 0 Å². The molecule has 1 aromatic rings. The minimum Gasteiger partial charge on any atom is -0.352 e. The Morgan fingerprint density at radius 3 is 2.74 bits per heavy atom. The highest BCUT2D eigenvalue weighted by Gasteiger charge is 2.68. The van der Waals surface area contributed by atoms with Gasteiger partial charge in [0.15, 0.2) is 0 Å². The molecular weight excluding hydrogens is 342 g/mol. The lowest BCUT2D eigenvalue weighted by molar-refractivity contribution is -0.172. The third kappa shape index (κ3) is 1.93. The molecule has 6 heteroatoms. The second-order valence-corrected chi connectivity index (χ2v) is 8.53. The number of amides is 2. The van der Waals surface area contributed by atoms with E-state index in [1.54, 1.807) is 17.0 Å². The fraction of sp³-hybridized carbons (Fsp3) is 0.476. The van der Waals surface area contributed by atoms with Gasteiger partial charge in [-0.25, -0.2) is 0 Å². The van der Waals surface area contributed by atoms with Gasteiger partial charge in [0.05, 0.1) is 5.70 Å². The predicted molar refractivity (Wildman–Crippen MR) is 100.0 cm³/mol. The van der Waals surface area contributed by atoms with Crippen molar-refractivity contribution in [1.82, 2.24) is 10.2 Å². The Morgan fingerprint density at radius 1 is 1.22 bits per heavy atom. The molecule has 6 nitrogen and oxygen atoms in total. The number of rotatable bonds is 2. The van der Waals surface area contributed by atoms with Crippen LogP contribution < -0.4 is 10.6 Å². The summed E-state index contributed by atoms with van der Waals surface area (Å²) in [6, 6.07) is 7.31. The molecule has 140 valence electrons. The van der Waals surface area contributed by atoms with E-state index in [1.807, 2.05) is 18.2 Å². The van der Waals surface area contributed by atoms with E-state index in [2.05, 4.69) is 24.5 Å². The van der Waals surface area contributed by atoms with E-state index in [0.717, 1.165) is 18.5 Å². The molecule has 6 rings (SSSR count). The number of piperidine rings is 2. The maximum atomic E-state index is 13.5. The molecule has 5 aliphatic rings. The van der Waals surface area contributed by atoms with Gasteiger partial charge in [0.2, 0.25) is 11.7 Å². The molecule has 27 heavy (non-hydrogen) atoms. The van der Waals surface area contributed by atoms with Crippen molar-refractivity contribution in [2.45, 2.75) is 44.2 Å². The quantitative estimate of drug-likeness (QED) is 0.787. The number of hydrogen-bond acceptors (Lipinski definition) is 4. The van der Waals surface area contributed by atoms with Crippen LogP contribution in [0.5, 0.6) is 0 Å². The van der Waals surface area contributed by atoms with Crippen molar-refractivity contribution in [2.75, 3.05) is 11.9 Å². The molecule has 2 bridgehead atoms. The van der Waals surface area contributed by atoms with Crippen LogP contribution in [0, 0.1) is 11.8 Å². The van der Waals surface area contributed by atoms with Crippen LogP contribution in [0.3, 0.4) is 0 Å². The molecular formula is C21H23N3O3. The summed E-state index contributed by atoms with van der Waals surface area (Å²) >= 11 is 0. The van der Waals surface area contributed by atoms with Gasteiger partial charge in [-0.1, -0.05) is 26.0 Å². The predicted octanol–water partition coefficient (Wildman–Crippen LogP) is 2.08. The summed E-state index contributed by atoms with van der Waals surface area (Å²) in [4.78, 5) is 41.2. The van der Waals surface area contributed by atoms with Gasteiger partial charge < -0.3 is 15.5 Å². The van der Waals surface area contributed by atoms with Crippen LogP contribution >= 0.6 is 0 Å². The lowest BCUT2D eigenvalue weighted by Gasteiger charge is -2.59. The highest BCUT2D eigenvalue weighted by molar-refractivity contribution is 6.19. The Bertz CT molecular complexity index is 921. The zero-order valence-electron chi connectivity index (χ0n) is 15.5. The number of Topliss-reactive ketones (excluding diaryl/α,β-unsaturated/α-hetero) is 1. The average molecular weight is 365 g/mol. The first-order valence-electron chi connectivity index (χ1n) is 9.67. The number of carbonyl (C=O) groups excluding carboxylic acids is 3. The van der Waals surface area contributed by atoms with Crippen molar-refractivity contribution in [2.24, 2.45) is 11.8 Å². The van der Waals surface area contributed by atoms with Crippen LogP contribution in [0.15, 0.2) is 36.0 Å². The molecule has 4 fully saturated rings. The molecule has 0 aromatic heterocycles. The van der Waals surface area contributed by atoms with E-state index in [0.29, 0.717) is 24.2 Å². The minimum atomic E-state index is -1.16. The SMILES string of the molecule is CC(C)C1C[C@@]23CCCN2C(=O)[C@]1(/C=C1\Nc2ccccc2C1=O)NC3=O. The summed E-state index contributed by atoms with van der Waals surface area (Å²) in [5, 5.41) is 6.20. The van der Waals surface area contributed by atoms with E-state index in [-0.39, 0.29) is 29.4 Å². The molecule has 0 radical (unpaired) electrons. The zero-order valence-corrected chi connectivity index (χ0v) is 15.5. The number of para-hydroxylation sites is 1. The van der Waals surface area contributed by atoms with Crippen LogP contribution in [-0.4, -0.2) is 40.1 Å². The Labute approximate surface area is 158 Å².